The SMILES string of the molecule is O=C(O)c1ccc(/C=N/Nc2c(Cl)cccc2Cl)cc1. The van der Waals surface area contributed by atoms with Gasteiger partial charge in [-0.2, -0.15) is 5.10 Å². The van der Waals surface area contributed by atoms with Crippen molar-refractivity contribution in [2.24, 2.45) is 5.10 Å². The molecule has 2 N–H and O–H groups in total. The van der Waals surface area contributed by atoms with Crippen LogP contribution in [0.1, 0.15) is 15.9 Å². The maximum Gasteiger partial charge on any atom is 0.335 e. The molecule has 0 heterocycles. The summed E-state index contributed by atoms with van der Waals surface area (Å²) in [6.45, 7) is 0. The number of hydrazone groups is 1. The standard InChI is InChI=1S/C14H10Cl2N2O2/c15-11-2-1-3-12(16)13(11)18-17-8-9-4-6-10(7-5-9)14(19)20/h1-8,18H,(H,19,20)/b17-8+. The lowest BCUT2D eigenvalue weighted by atomic mass is 10.1. The first-order valence-electron chi connectivity index (χ1n) is 5.64. The second-order valence-electron chi connectivity index (χ2n) is 3.89. The number of anilines is 1. The van der Waals surface area contributed by atoms with Gasteiger partial charge in [0.25, 0.3) is 0 Å². The number of hydrogen-bond donors (Lipinski definition) is 2. The Morgan fingerprint density at radius 1 is 1.10 bits per heavy atom. The van der Waals surface area contributed by atoms with E-state index in [9.17, 15) is 4.79 Å². The molecule has 0 aromatic heterocycles. The summed E-state index contributed by atoms with van der Waals surface area (Å²) in [6.07, 6.45) is 1.55. The van der Waals surface area contributed by atoms with Crippen LogP contribution in [0.5, 0.6) is 0 Å². The van der Waals surface area contributed by atoms with Crippen LogP contribution in [0.25, 0.3) is 0 Å². The van der Waals surface area contributed by atoms with Crippen LogP contribution in [0, 0.1) is 0 Å². The molecule has 0 saturated carbocycles. The minimum absolute atomic E-state index is 0.226. The highest BCUT2D eigenvalue weighted by Gasteiger charge is 2.03. The van der Waals surface area contributed by atoms with Gasteiger partial charge in [0.1, 0.15) is 0 Å². The van der Waals surface area contributed by atoms with Crippen LogP contribution >= 0.6 is 23.2 Å². The van der Waals surface area contributed by atoms with Crippen molar-refractivity contribution in [1.29, 1.82) is 0 Å². The van der Waals surface area contributed by atoms with Gasteiger partial charge in [0.15, 0.2) is 0 Å². The van der Waals surface area contributed by atoms with E-state index >= 15 is 0 Å². The zero-order chi connectivity index (χ0) is 14.5. The molecule has 0 radical (unpaired) electrons. The second-order valence-corrected chi connectivity index (χ2v) is 4.71. The molecule has 4 nitrogen and oxygen atoms in total. The van der Waals surface area contributed by atoms with Crippen LogP contribution in [-0.2, 0) is 0 Å². The summed E-state index contributed by atoms with van der Waals surface area (Å²) in [5, 5.41) is 13.7. The Hall–Kier alpha value is -2.04. The molecule has 0 saturated heterocycles. The van der Waals surface area contributed by atoms with Gasteiger partial charge in [-0.05, 0) is 29.8 Å². The lowest BCUT2D eigenvalue weighted by Crippen LogP contribution is -1.96. The maximum absolute atomic E-state index is 10.7. The number of aromatic carboxylic acids is 1. The van der Waals surface area contributed by atoms with E-state index in [1.807, 2.05) is 0 Å². The Morgan fingerprint density at radius 3 is 2.25 bits per heavy atom. The van der Waals surface area contributed by atoms with Crippen molar-refractivity contribution in [3.05, 3.63) is 63.6 Å². The number of carboxylic acid groups (broad SMARTS) is 1. The van der Waals surface area contributed by atoms with Crippen LogP contribution in [0.15, 0.2) is 47.6 Å². The summed E-state index contributed by atoms with van der Waals surface area (Å²) in [6, 6.07) is 11.5. The fourth-order valence-electron chi connectivity index (χ4n) is 1.49. The third kappa shape index (κ3) is 3.50. The molecular formula is C14H10Cl2N2O2. The van der Waals surface area contributed by atoms with Crippen LogP contribution in [0.3, 0.4) is 0 Å². The number of benzene rings is 2. The van der Waals surface area contributed by atoms with E-state index in [1.165, 1.54) is 12.1 Å². The molecule has 0 unspecified atom stereocenters. The van der Waals surface area contributed by atoms with Crippen LogP contribution in [-0.4, -0.2) is 17.3 Å². The monoisotopic (exact) mass is 308 g/mol. The lowest BCUT2D eigenvalue weighted by molar-refractivity contribution is 0.0697. The molecule has 20 heavy (non-hydrogen) atoms. The fourth-order valence-corrected chi connectivity index (χ4v) is 1.97. The number of nitrogens with one attached hydrogen (secondary N) is 1. The third-order valence-corrected chi connectivity index (χ3v) is 3.14. The highest BCUT2D eigenvalue weighted by molar-refractivity contribution is 6.39. The fraction of sp³-hybridized carbons (Fsp3) is 0. The number of nitrogens with zero attached hydrogens (tertiary/aromatic N) is 1. The average molecular weight is 309 g/mol. The van der Waals surface area contributed by atoms with Crippen molar-refractivity contribution in [3.63, 3.8) is 0 Å². The molecule has 0 amide bonds. The Labute approximate surface area is 125 Å². The van der Waals surface area contributed by atoms with Crippen molar-refractivity contribution in [2.75, 3.05) is 5.43 Å². The molecule has 0 aliphatic carbocycles. The largest absolute Gasteiger partial charge is 0.478 e. The van der Waals surface area contributed by atoms with Gasteiger partial charge in [0.05, 0.1) is 27.5 Å². The topological polar surface area (TPSA) is 61.7 Å². The average Bonchev–Trinajstić information content (AvgIpc) is 2.42. The molecule has 0 spiro atoms. The molecule has 0 atom stereocenters. The number of carbonyl (C=O) groups is 1. The van der Waals surface area contributed by atoms with Gasteiger partial charge in [-0.25, -0.2) is 4.79 Å². The molecule has 2 rings (SSSR count). The highest BCUT2D eigenvalue weighted by Crippen LogP contribution is 2.29. The van der Waals surface area contributed by atoms with Crippen molar-refractivity contribution >= 4 is 41.1 Å². The minimum Gasteiger partial charge on any atom is -0.478 e. The number of hydrogen-bond acceptors (Lipinski definition) is 3. The van der Waals surface area contributed by atoms with Gasteiger partial charge in [-0.1, -0.05) is 41.4 Å². The number of rotatable bonds is 4. The molecule has 2 aromatic rings. The Balaban J connectivity index is 2.08. The van der Waals surface area contributed by atoms with E-state index in [2.05, 4.69) is 10.5 Å². The normalized spacial score (nSPS) is 10.7. The molecule has 102 valence electrons. The van der Waals surface area contributed by atoms with Gasteiger partial charge >= 0.3 is 5.97 Å². The Morgan fingerprint density at radius 2 is 1.70 bits per heavy atom. The quantitative estimate of drug-likeness (QED) is 0.659. The van der Waals surface area contributed by atoms with Crippen molar-refractivity contribution in [2.45, 2.75) is 0 Å². The summed E-state index contributed by atoms with van der Waals surface area (Å²) in [5.74, 6) is -0.963. The number of para-hydroxylation sites is 1. The van der Waals surface area contributed by atoms with Gasteiger partial charge < -0.3 is 5.11 Å². The molecule has 0 fully saturated rings. The van der Waals surface area contributed by atoms with E-state index in [-0.39, 0.29) is 5.56 Å². The van der Waals surface area contributed by atoms with E-state index in [0.29, 0.717) is 15.7 Å². The lowest BCUT2D eigenvalue weighted by Gasteiger charge is -2.04. The first-order valence-corrected chi connectivity index (χ1v) is 6.40. The van der Waals surface area contributed by atoms with Crippen molar-refractivity contribution in [1.82, 2.24) is 0 Å². The van der Waals surface area contributed by atoms with Crippen molar-refractivity contribution < 1.29 is 9.90 Å². The van der Waals surface area contributed by atoms with Gasteiger partial charge in [0.2, 0.25) is 0 Å². The second kappa shape index (κ2) is 6.41. The van der Waals surface area contributed by atoms with Crippen LogP contribution in [0.2, 0.25) is 10.0 Å². The maximum atomic E-state index is 10.7. The number of carboxylic acids is 1. The van der Waals surface area contributed by atoms with E-state index in [1.54, 1.807) is 36.5 Å². The Kier molecular flexibility index (Phi) is 4.61. The smallest absolute Gasteiger partial charge is 0.335 e. The summed E-state index contributed by atoms with van der Waals surface area (Å²) in [7, 11) is 0. The molecule has 0 aliphatic rings. The highest BCUT2D eigenvalue weighted by atomic mass is 35.5. The zero-order valence-electron chi connectivity index (χ0n) is 10.2. The minimum atomic E-state index is -0.963. The summed E-state index contributed by atoms with van der Waals surface area (Å²) < 4.78 is 0. The van der Waals surface area contributed by atoms with Crippen LogP contribution in [0.4, 0.5) is 5.69 Å². The first kappa shape index (κ1) is 14.4. The van der Waals surface area contributed by atoms with Crippen LogP contribution < -0.4 is 5.43 Å². The van der Waals surface area contributed by atoms with Crippen molar-refractivity contribution in [3.8, 4) is 0 Å². The zero-order valence-corrected chi connectivity index (χ0v) is 11.7. The van der Waals surface area contributed by atoms with Gasteiger partial charge in [0, 0.05) is 0 Å². The molecule has 6 heteroatoms. The predicted molar refractivity (Wildman–Crippen MR) is 81.1 cm³/mol. The Bertz CT molecular complexity index is 634. The van der Waals surface area contributed by atoms with E-state index < -0.39 is 5.97 Å². The molecule has 0 bridgehead atoms. The summed E-state index contributed by atoms with van der Waals surface area (Å²) in [5.41, 5.74) is 4.26. The van der Waals surface area contributed by atoms with E-state index in [4.69, 9.17) is 28.3 Å². The number of halogens is 2. The molecular weight excluding hydrogens is 299 g/mol. The summed E-state index contributed by atoms with van der Waals surface area (Å²) >= 11 is 12.0. The predicted octanol–water partition coefficient (Wildman–Crippen LogP) is 4.14. The van der Waals surface area contributed by atoms with E-state index in [0.717, 1.165) is 5.56 Å². The van der Waals surface area contributed by atoms with Gasteiger partial charge in [-0.15, -0.1) is 0 Å². The third-order valence-electron chi connectivity index (χ3n) is 2.51. The molecule has 0 aliphatic heterocycles. The first-order chi connectivity index (χ1) is 9.58. The van der Waals surface area contributed by atoms with Gasteiger partial charge in [-0.3, -0.25) is 5.43 Å². The molecule has 2 aromatic carbocycles. The summed E-state index contributed by atoms with van der Waals surface area (Å²) in [4.78, 5) is 10.7.